The first-order valence-electron chi connectivity index (χ1n) is 12.4. The molecule has 0 radical (unpaired) electrons. The molecule has 0 N–H and O–H groups in total. The quantitative estimate of drug-likeness (QED) is 0.609. The third-order valence-electron chi connectivity index (χ3n) is 7.62. The summed E-state index contributed by atoms with van der Waals surface area (Å²) in [6.45, 7) is 5.01. The first-order valence-corrected chi connectivity index (χ1v) is 13.8. The molecule has 2 aromatic carbocycles. The minimum Gasteiger partial charge on any atom is -0.332 e. The minimum absolute atomic E-state index is 0.0897. The molecule has 6 heteroatoms. The predicted molar refractivity (Wildman–Crippen MR) is 129 cm³/mol. The molecule has 1 unspecified atom stereocenters. The van der Waals surface area contributed by atoms with E-state index in [2.05, 4.69) is 43.0 Å². The molecular weight excluding hydrogens is 432 g/mol. The number of carbonyl (C=O) groups excluding carboxylic acids is 1. The Balaban J connectivity index is 1.27. The second-order valence-electron chi connectivity index (χ2n) is 10.1. The van der Waals surface area contributed by atoms with E-state index in [1.54, 1.807) is 16.4 Å². The van der Waals surface area contributed by atoms with Crippen molar-refractivity contribution in [3.05, 3.63) is 65.2 Å². The number of benzene rings is 2. The molecular formula is C27H34N2O3S. The maximum Gasteiger partial charge on any atom is 0.243 e. The number of fused-ring (bicyclic) bond motifs is 1. The fraction of sp³-hybridized carbons (Fsp3) is 0.519. The zero-order chi connectivity index (χ0) is 23.2. The summed E-state index contributed by atoms with van der Waals surface area (Å²) in [5.41, 5.74) is 3.81. The van der Waals surface area contributed by atoms with Crippen molar-refractivity contribution in [1.29, 1.82) is 0 Å². The topological polar surface area (TPSA) is 57.7 Å². The van der Waals surface area contributed by atoms with E-state index in [1.807, 2.05) is 12.1 Å². The summed E-state index contributed by atoms with van der Waals surface area (Å²) in [4.78, 5) is 16.2. The average Bonchev–Trinajstić information content (AvgIpc) is 3.58. The van der Waals surface area contributed by atoms with Crippen LogP contribution in [0.3, 0.4) is 0 Å². The molecule has 1 heterocycles. The second kappa shape index (κ2) is 8.88. The Morgan fingerprint density at radius 2 is 1.61 bits per heavy atom. The predicted octanol–water partition coefficient (Wildman–Crippen LogP) is 4.89. The summed E-state index contributed by atoms with van der Waals surface area (Å²) in [5, 5.41) is 0. The maximum atomic E-state index is 13.7. The highest BCUT2D eigenvalue weighted by Crippen LogP contribution is 2.43. The van der Waals surface area contributed by atoms with Crippen molar-refractivity contribution < 1.29 is 13.2 Å². The highest BCUT2D eigenvalue weighted by atomic mass is 32.2. The van der Waals surface area contributed by atoms with Gasteiger partial charge in [-0.05, 0) is 73.3 Å². The van der Waals surface area contributed by atoms with Crippen LogP contribution in [0.1, 0.15) is 74.6 Å². The van der Waals surface area contributed by atoms with Crippen molar-refractivity contribution in [1.82, 2.24) is 9.21 Å². The molecule has 1 saturated carbocycles. The molecule has 5 rings (SSSR count). The number of nitrogens with zero attached hydrogens (tertiary/aromatic N) is 2. The monoisotopic (exact) mass is 466 g/mol. The molecule has 2 fully saturated rings. The van der Waals surface area contributed by atoms with Crippen LogP contribution in [0.15, 0.2) is 53.4 Å². The van der Waals surface area contributed by atoms with Gasteiger partial charge >= 0.3 is 0 Å². The summed E-state index contributed by atoms with van der Waals surface area (Å²) >= 11 is 0. The molecule has 33 heavy (non-hydrogen) atoms. The van der Waals surface area contributed by atoms with E-state index in [4.69, 9.17) is 0 Å². The normalized spacial score (nSPS) is 21.8. The van der Waals surface area contributed by atoms with Crippen LogP contribution in [-0.2, 0) is 21.2 Å². The van der Waals surface area contributed by atoms with Crippen LogP contribution >= 0.6 is 0 Å². The summed E-state index contributed by atoms with van der Waals surface area (Å²) in [7, 11) is -3.53. The van der Waals surface area contributed by atoms with Crippen molar-refractivity contribution in [3.8, 4) is 0 Å². The van der Waals surface area contributed by atoms with Crippen LogP contribution in [0.25, 0.3) is 0 Å². The van der Waals surface area contributed by atoms with Gasteiger partial charge in [-0.2, -0.15) is 4.31 Å². The van der Waals surface area contributed by atoms with E-state index in [0.29, 0.717) is 42.8 Å². The summed E-state index contributed by atoms with van der Waals surface area (Å²) in [6.07, 6.45) is 5.40. The number of piperidine rings is 1. The third-order valence-corrected chi connectivity index (χ3v) is 9.53. The SMILES string of the molecule is CC(C)c1ccc(S(=O)(=O)N2CCC(C(=O)N(C3CC3)C3CCc4ccccc43)CC2)cc1. The van der Waals surface area contributed by atoms with Gasteiger partial charge in [-0.15, -0.1) is 0 Å². The van der Waals surface area contributed by atoms with Crippen LogP contribution < -0.4 is 0 Å². The number of aryl methyl sites for hydroxylation is 1. The zero-order valence-corrected chi connectivity index (χ0v) is 20.4. The van der Waals surface area contributed by atoms with E-state index in [1.165, 1.54) is 11.1 Å². The third kappa shape index (κ3) is 4.35. The molecule has 0 spiro atoms. The molecule has 5 nitrogen and oxygen atoms in total. The summed E-state index contributed by atoms with van der Waals surface area (Å²) in [5.74, 6) is 0.510. The standard InChI is InChI=1S/C27H34N2O3S/c1-19(2)20-7-12-24(13-8-20)33(31,32)28-17-15-22(16-18-28)27(30)29(23-10-11-23)26-14-9-21-5-3-4-6-25(21)26/h3-8,12-13,19,22-23,26H,9-11,14-18H2,1-2H3. The Labute approximate surface area is 197 Å². The summed E-state index contributed by atoms with van der Waals surface area (Å²) in [6, 6.07) is 16.3. The Morgan fingerprint density at radius 3 is 2.24 bits per heavy atom. The van der Waals surface area contributed by atoms with Crippen LogP contribution in [0, 0.1) is 5.92 Å². The Hall–Kier alpha value is -2.18. The number of carbonyl (C=O) groups is 1. The van der Waals surface area contributed by atoms with Gasteiger partial charge in [0, 0.05) is 25.0 Å². The lowest BCUT2D eigenvalue weighted by atomic mass is 9.95. The zero-order valence-electron chi connectivity index (χ0n) is 19.6. The van der Waals surface area contributed by atoms with E-state index in [9.17, 15) is 13.2 Å². The largest absolute Gasteiger partial charge is 0.332 e. The van der Waals surface area contributed by atoms with Gasteiger partial charge in [-0.3, -0.25) is 4.79 Å². The average molecular weight is 467 g/mol. The van der Waals surface area contributed by atoms with Gasteiger partial charge in [-0.1, -0.05) is 50.2 Å². The number of rotatable bonds is 6. The van der Waals surface area contributed by atoms with Gasteiger partial charge in [0.25, 0.3) is 0 Å². The number of sulfonamides is 1. The summed E-state index contributed by atoms with van der Waals surface area (Å²) < 4.78 is 27.9. The molecule has 1 atom stereocenters. The van der Waals surface area contributed by atoms with Crippen LogP contribution in [0.4, 0.5) is 0 Å². The van der Waals surface area contributed by atoms with Gasteiger partial charge in [0.2, 0.25) is 15.9 Å². The van der Waals surface area contributed by atoms with Gasteiger partial charge in [0.05, 0.1) is 10.9 Å². The lowest BCUT2D eigenvalue weighted by molar-refractivity contribution is -0.140. The lowest BCUT2D eigenvalue weighted by Crippen LogP contribution is -2.45. The molecule has 1 aliphatic heterocycles. The fourth-order valence-corrected chi connectivity index (χ4v) is 6.96. The van der Waals surface area contributed by atoms with E-state index in [-0.39, 0.29) is 17.9 Å². The number of amides is 1. The molecule has 2 aromatic rings. The number of hydrogen-bond donors (Lipinski definition) is 0. The second-order valence-corrected chi connectivity index (χ2v) is 12.1. The van der Waals surface area contributed by atoms with E-state index < -0.39 is 10.0 Å². The van der Waals surface area contributed by atoms with Crippen LogP contribution in [0.2, 0.25) is 0 Å². The fourth-order valence-electron chi connectivity index (χ4n) is 5.49. The smallest absolute Gasteiger partial charge is 0.243 e. The van der Waals surface area contributed by atoms with Gasteiger partial charge in [0.15, 0.2) is 0 Å². The molecule has 3 aliphatic rings. The molecule has 0 aromatic heterocycles. The maximum absolute atomic E-state index is 13.7. The Morgan fingerprint density at radius 1 is 0.939 bits per heavy atom. The molecule has 1 saturated heterocycles. The Bertz CT molecular complexity index is 1110. The van der Waals surface area contributed by atoms with E-state index >= 15 is 0 Å². The molecule has 176 valence electrons. The first-order chi connectivity index (χ1) is 15.9. The minimum atomic E-state index is -3.53. The van der Waals surface area contributed by atoms with Gasteiger partial charge in [-0.25, -0.2) is 8.42 Å². The Kier molecular flexibility index (Phi) is 6.08. The van der Waals surface area contributed by atoms with Crippen LogP contribution in [-0.4, -0.2) is 42.7 Å². The first kappa shape index (κ1) is 22.6. The van der Waals surface area contributed by atoms with Gasteiger partial charge in [0.1, 0.15) is 0 Å². The van der Waals surface area contributed by atoms with Crippen molar-refractivity contribution in [2.45, 2.75) is 75.3 Å². The lowest BCUT2D eigenvalue weighted by Gasteiger charge is -2.36. The van der Waals surface area contributed by atoms with Crippen molar-refractivity contribution in [2.75, 3.05) is 13.1 Å². The van der Waals surface area contributed by atoms with Crippen molar-refractivity contribution >= 4 is 15.9 Å². The molecule has 2 aliphatic carbocycles. The van der Waals surface area contributed by atoms with Crippen molar-refractivity contribution in [2.24, 2.45) is 5.92 Å². The van der Waals surface area contributed by atoms with Crippen molar-refractivity contribution in [3.63, 3.8) is 0 Å². The molecule has 0 bridgehead atoms. The van der Waals surface area contributed by atoms with Gasteiger partial charge < -0.3 is 4.90 Å². The highest BCUT2D eigenvalue weighted by molar-refractivity contribution is 7.89. The van der Waals surface area contributed by atoms with E-state index in [0.717, 1.165) is 31.2 Å². The number of hydrogen-bond acceptors (Lipinski definition) is 3. The highest BCUT2D eigenvalue weighted by Gasteiger charge is 2.43. The van der Waals surface area contributed by atoms with Crippen LogP contribution in [0.5, 0.6) is 0 Å². The molecule has 1 amide bonds.